The zero-order valence-corrected chi connectivity index (χ0v) is 11.2. The third kappa shape index (κ3) is 3.45. The Bertz CT molecular complexity index is 481. The highest BCUT2D eigenvalue weighted by Crippen LogP contribution is 2.23. The van der Waals surface area contributed by atoms with Gasteiger partial charge in [-0.15, -0.1) is 0 Å². The summed E-state index contributed by atoms with van der Waals surface area (Å²) in [6.45, 7) is 1.51. The van der Waals surface area contributed by atoms with Crippen LogP contribution in [0.5, 0.6) is 0 Å². The summed E-state index contributed by atoms with van der Waals surface area (Å²) in [6, 6.07) is 3.60. The van der Waals surface area contributed by atoms with Gasteiger partial charge in [0.25, 0.3) is 5.91 Å². The molecule has 0 saturated carbocycles. The van der Waals surface area contributed by atoms with E-state index in [-0.39, 0.29) is 18.4 Å². The highest BCUT2D eigenvalue weighted by molar-refractivity contribution is 5.90. The molecule has 0 bridgehead atoms. The number of hydrogen-bond acceptors (Lipinski definition) is 5. The quantitative estimate of drug-likeness (QED) is 0.676. The summed E-state index contributed by atoms with van der Waals surface area (Å²) >= 11 is 0. The first kappa shape index (κ1) is 14.3. The Kier molecular flexibility index (Phi) is 4.52. The lowest BCUT2D eigenvalue weighted by Crippen LogP contribution is -2.55. The van der Waals surface area contributed by atoms with E-state index in [9.17, 15) is 14.7 Å². The molecule has 2 heterocycles. The number of piperidine rings is 1. The maximum Gasteiger partial charge on any atom is 0.280 e. The smallest absolute Gasteiger partial charge is 0.280 e. The van der Waals surface area contributed by atoms with Gasteiger partial charge < -0.3 is 25.9 Å². The lowest BCUT2D eigenvalue weighted by atomic mass is 9.97. The first-order valence-corrected chi connectivity index (χ1v) is 6.61. The molecule has 1 aromatic heterocycles. The van der Waals surface area contributed by atoms with Crippen molar-refractivity contribution < 1.29 is 20.4 Å². The van der Waals surface area contributed by atoms with Gasteiger partial charge in [-0.25, -0.2) is 4.98 Å². The van der Waals surface area contributed by atoms with Gasteiger partial charge >= 0.3 is 0 Å². The molecule has 1 aliphatic heterocycles. The molecule has 1 aliphatic rings. The van der Waals surface area contributed by atoms with E-state index in [4.69, 9.17) is 0 Å². The fourth-order valence-electron chi connectivity index (χ4n) is 2.23. The van der Waals surface area contributed by atoms with Crippen LogP contribution in [0.1, 0.15) is 12.8 Å². The van der Waals surface area contributed by atoms with Crippen LogP contribution in [-0.4, -0.2) is 36.5 Å². The normalized spacial score (nSPS) is 15.9. The Morgan fingerprint density at radius 1 is 1.40 bits per heavy atom. The van der Waals surface area contributed by atoms with Crippen LogP contribution in [0.2, 0.25) is 0 Å². The third-order valence-electron chi connectivity index (χ3n) is 3.44. The third-order valence-corrected chi connectivity index (χ3v) is 3.44. The fraction of sp³-hybridized carbons (Fsp3) is 0.462. The largest absolute Gasteiger partial charge is 0.550 e. The summed E-state index contributed by atoms with van der Waals surface area (Å²) in [5, 5.41) is 13.4. The van der Waals surface area contributed by atoms with E-state index in [1.54, 1.807) is 12.3 Å². The molecule has 1 aromatic rings. The van der Waals surface area contributed by atoms with Crippen molar-refractivity contribution in [2.75, 3.05) is 29.9 Å². The van der Waals surface area contributed by atoms with Crippen LogP contribution in [0.25, 0.3) is 0 Å². The highest BCUT2D eigenvalue weighted by Gasteiger charge is 2.20. The number of carboxylic acids is 1. The van der Waals surface area contributed by atoms with Crippen molar-refractivity contribution in [2.24, 2.45) is 5.92 Å². The van der Waals surface area contributed by atoms with Gasteiger partial charge in [0.15, 0.2) is 6.54 Å². The molecule has 0 spiro atoms. The molecule has 4 N–H and O–H groups in total. The minimum atomic E-state index is -0.964. The molecule has 0 aliphatic carbocycles. The van der Waals surface area contributed by atoms with Gasteiger partial charge in [-0.1, -0.05) is 0 Å². The van der Waals surface area contributed by atoms with Crippen LogP contribution in [0.3, 0.4) is 0 Å². The van der Waals surface area contributed by atoms with Crippen LogP contribution in [-0.2, 0) is 9.59 Å². The molecule has 0 atom stereocenters. The number of amides is 1. The second-order valence-electron chi connectivity index (χ2n) is 4.78. The van der Waals surface area contributed by atoms with E-state index in [0.717, 1.165) is 5.69 Å². The number of pyridine rings is 1. The predicted molar refractivity (Wildman–Crippen MR) is 70.6 cm³/mol. The van der Waals surface area contributed by atoms with E-state index in [0.29, 0.717) is 31.7 Å². The number of rotatable bonds is 4. The van der Waals surface area contributed by atoms with Crippen molar-refractivity contribution in [1.82, 2.24) is 4.98 Å². The van der Waals surface area contributed by atoms with Crippen molar-refractivity contribution in [3.8, 4) is 0 Å². The number of aliphatic carboxylic acids is 1. The maximum atomic E-state index is 11.2. The number of carboxylic acid groups (broad SMARTS) is 1. The van der Waals surface area contributed by atoms with Crippen molar-refractivity contribution in [1.29, 1.82) is 0 Å². The van der Waals surface area contributed by atoms with Crippen LogP contribution < -0.4 is 21.1 Å². The Labute approximate surface area is 116 Å². The number of anilines is 2. The van der Waals surface area contributed by atoms with E-state index < -0.39 is 5.97 Å². The highest BCUT2D eigenvalue weighted by atomic mass is 16.4. The standard InChI is InChI=1S/C13H18N4O3/c14-7-12(18)16-11-2-1-10(8-15-11)17-5-3-9(4-6-17)13(19)20/h1-2,8-9H,3-7,14H2,(H,19,20)(H,15,16,18). The fourth-order valence-corrected chi connectivity index (χ4v) is 2.23. The van der Waals surface area contributed by atoms with E-state index in [1.165, 1.54) is 0 Å². The van der Waals surface area contributed by atoms with Crippen LogP contribution >= 0.6 is 0 Å². The number of hydrogen-bond donors (Lipinski definition) is 2. The van der Waals surface area contributed by atoms with Gasteiger partial charge in [0.05, 0.1) is 11.9 Å². The summed E-state index contributed by atoms with van der Waals surface area (Å²) in [5.74, 6) is -1.00. The lowest BCUT2D eigenvalue weighted by molar-refractivity contribution is -0.353. The Morgan fingerprint density at radius 3 is 2.60 bits per heavy atom. The Hall–Kier alpha value is -2.15. The molecular formula is C13H18N4O3. The van der Waals surface area contributed by atoms with Gasteiger partial charge in [0.1, 0.15) is 5.82 Å². The number of nitrogens with one attached hydrogen (secondary N) is 1. The average Bonchev–Trinajstić information content (AvgIpc) is 2.48. The summed E-state index contributed by atoms with van der Waals surface area (Å²) in [4.78, 5) is 28.2. The molecule has 2 rings (SSSR count). The zero-order valence-electron chi connectivity index (χ0n) is 11.2. The molecule has 1 fully saturated rings. The molecule has 0 unspecified atom stereocenters. The first-order chi connectivity index (χ1) is 9.60. The second kappa shape index (κ2) is 6.33. The van der Waals surface area contributed by atoms with Gasteiger partial charge in [-0.05, 0) is 25.0 Å². The number of aromatic nitrogens is 1. The van der Waals surface area contributed by atoms with E-state index >= 15 is 0 Å². The first-order valence-electron chi connectivity index (χ1n) is 6.61. The number of quaternary nitrogens is 1. The van der Waals surface area contributed by atoms with Crippen molar-refractivity contribution in [3.63, 3.8) is 0 Å². The molecule has 108 valence electrons. The minimum absolute atomic E-state index is 0.167. The van der Waals surface area contributed by atoms with E-state index in [2.05, 4.69) is 20.9 Å². The second-order valence-corrected chi connectivity index (χ2v) is 4.78. The SMILES string of the molecule is [NH3+]CC(=O)Nc1ccc(N2CCC(C(=O)[O-])CC2)cn1. The van der Waals surface area contributed by atoms with Crippen LogP contribution in [0.4, 0.5) is 11.5 Å². The van der Waals surface area contributed by atoms with Crippen LogP contribution in [0, 0.1) is 5.92 Å². The summed E-state index contributed by atoms with van der Waals surface area (Å²) in [7, 11) is 0. The molecular weight excluding hydrogens is 260 g/mol. The van der Waals surface area contributed by atoms with Crippen molar-refractivity contribution in [3.05, 3.63) is 18.3 Å². The average molecular weight is 278 g/mol. The Balaban J connectivity index is 1.94. The van der Waals surface area contributed by atoms with E-state index in [1.807, 2.05) is 6.07 Å². The summed E-state index contributed by atoms with van der Waals surface area (Å²) < 4.78 is 0. The van der Waals surface area contributed by atoms with Gasteiger partial charge in [0, 0.05) is 25.0 Å². The Morgan fingerprint density at radius 2 is 2.10 bits per heavy atom. The van der Waals surface area contributed by atoms with Crippen molar-refractivity contribution >= 4 is 23.4 Å². The monoisotopic (exact) mass is 278 g/mol. The predicted octanol–water partition coefficient (Wildman–Crippen LogP) is -1.77. The molecule has 7 nitrogen and oxygen atoms in total. The number of carbonyl (C=O) groups excluding carboxylic acids is 2. The zero-order chi connectivity index (χ0) is 14.5. The van der Waals surface area contributed by atoms with Crippen molar-refractivity contribution in [2.45, 2.75) is 12.8 Å². The van der Waals surface area contributed by atoms with Crippen LogP contribution in [0.15, 0.2) is 18.3 Å². The maximum absolute atomic E-state index is 11.2. The molecule has 20 heavy (non-hydrogen) atoms. The summed E-state index contributed by atoms with van der Waals surface area (Å²) in [6.07, 6.45) is 2.85. The lowest BCUT2D eigenvalue weighted by Gasteiger charge is -2.33. The van der Waals surface area contributed by atoms with Gasteiger partial charge in [-0.2, -0.15) is 0 Å². The molecule has 1 amide bonds. The summed E-state index contributed by atoms with van der Waals surface area (Å²) in [5.41, 5.74) is 4.42. The number of carbonyl (C=O) groups is 2. The van der Waals surface area contributed by atoms with Gasteiger partial charge in [-0.3, -0.25) is 4.79 Å². The molecule has 0 aromatic carbocycles. The molecule has 0 radical (unpaired) electrons. The molecule has 7 heteroatoms. The number of nitrogens with zero attached hydrogens (tertiary/aromatic N) is 2. The minimum Gasteiger partial charge on any atom is -0.550 e. The topological polar surface area (TPSA) is 113 Å². The molecule has 1 saturated heterocycles. The van der Waals surface area contributed by atoms with Gasteiger partial charge in [0.2, 0.25) is 0 Å².